The van der Waals surface area contributed by atoms with Gasteiger partial charge in [0.2, 0.25) is 0 Å². The van der Waals surface area contributed by atoms with Crippen molar-refractivity contribution in [1.82, 2.24) is 14.7 Å². The fraction of sp³-hybridized carbons (Fsp3) is 0.600. The number of hydrogen-bond donors (Lipinski definition) is 1. The second-order valence-electron chi connectivity index (χ2n) is 3.97. The molecule has 1 N–H and O–H groups in total. The van der Waals surface area contributed by atoms with E-state index in [-0.39, 0.29) is 12.2 Å². The number of aromatic nitrogens is 2. The molecular formula is C10H15N3O4. The first-order chi connectivity index (χ1) is 8.10. The minimum absolute atomic E-state index is 0.244. The van der Waals surface area contributed by atoms with Gasteiger partial charge in [0.15, 0.2) is 5.75 Å². The van der Waals surface area contributed by atoms with Crippen LogP contribution >= 0.6 is 0 Å². The topological polar surface area (TPSA) is 76.8 Å². The highest BCUT2D eigenvalue weighted by molar-refractivity contribution is 5.65. The first-order valence-corrected chi connectivity index (χ1v) is 5.26. The Morgan fingerprint density at radius 3 is 2.76 bits per heavy atom. The second kappa shape index (κ2) is 4.62. The van der Waals surface area contributed by atoms with Gasteiger partial charge in [0.1, 0.15) is 12.2 Å². The monoisotopic (exact) mass is 241 g/mol. The molecule has 1 aliphatic rings. The summed E-state index contributed by atoms with van der Waals surface area (Å²) in [5.74, 6) is 0.617. The summed E-state index contributed by atoms with van der Waals surface area (Å²) in [5, 5.41) is 12.9. The maximum atomic E-state index is 10.9. The van der Waals surface area contributed by atoms with Crippen LogP contribution in [0.25, 0.3) is 0 Å². The van der Waals surface area contributed by atoms with Crippen LogP contribution < -0.4 is 4.74 Å². The van der Waals surface area contributed by atoms with Crippen molar-refractivity contribution in [2.75, 3.05) is 20.2 Å². The van der Waals surface area contributed by atoms with Gasteiger partial charge in [0, 0.05) is 14.2 Å². The second-order valence-corrected chi connectivity index (χ2v) is 3.97. The number of likely N-dealkylation sites (tertiary alicyclic amines) is 1. The van der Waals surface area contributed by atoms with Crippen LogP contribution in [-0.2, 0) is 11.8 Å². The maximum absolute atomic E-state index is 10.9. The predicted octanol–water partition coefficient (Wildman–Crippen LogP) is 0.176. The molecule has 1 aromatic rings. The molecule has 2 heterocycles. The molecule has 17 heavy (non-hydrogen) atoms. The summed E-state index contributed by atoms with van der Waals surface area (Å²) in [6, 6.07) is 0. The van der Waals surface area contributed by atoms with Crippen molar-refractivity contribution < 1.29 is 19.4 Å². The van der Waals surface area contributed by atoms with Crippen molar-refractivity contribution in [1.29, 1.82) is 0 Å². The molecule has 1 saturated heterocycles. The number of aryl methyl sites for hydroxylation is 1. The first-order valence-electron chi connectivity index (χ1n) is 5.26. The number of amides is 1. The Labute approximate surface area is 98.5 Å². The van der Waals surface area contributed by atoms with E-state index in [4.69, 9.17) is 14.6 Å². The Hall–Kier alpha value is -1.76. The number of carboxylic acid groups (broad SMARTS) is 1. The highest BCUT2D eigenvalue weighted by Crippen LogP contribution is 2.19. The summed E-state index contributed by atoms with van der Waals surface area (Å²) in [6.07, 6.45) is 1.84. The van der Waals surface area contributed by atoms with Gasteiger partial charge in [-0.25, -0.2) is 4.79 Å². The Morgan fingerprint density at radius 1 is 1.53 bits per heavy atom. The van der Waals surface area contributed by atoms with Crippen molar-refractivity contribution in [2.24, 2.45) is 7.05 Å². The number of carbonyl (C=O) groups is 1. The van der Waals surface area contributed by atoms with Gasteiger partial charge in [0.25, 0.3) is 0 Å². The van der Waals surface area contributed by atoms with Crippen LogP contribution in [0.2, 0.25) is 0 Å². The molecule has 94 valence electrons. The molecule has 2 atom stereocenters. The van der Waals surface area contributed by atoms with E-state index in [1.807, 2.05) is 0 Å². The quantitative estimate of drug-likeness (QED) is 0.816. The van der Waals surface area contributed by atoms with Crippen LogP contribution in [0, 0.1) is 0 Å². The molecule has 0 bridgehead atoms. The fourth-order valence-electron chi connectivity index (χ4n) is 1.87. The standard InChI is InChI=1S/C10H15N3O4/c1-12-4-7(3-11-12)17-9-6-13(10(14)15)5-8(9)16-2/h3-4,8-9H,5-6H2,1-2H3,(H,14,15)/t8-,9+/m1/s1. The molecule has 7 nitrogen and oxygen atoms in total. The molecule has 0 spiro atoms. The third-order valence-corrected chi connectivity index (χ3v) is 2.76. The summed E-state index contributed by atoms with van der Waals surface area (Å²) in [6.45, 7) is 0.638. The van der Waals surface area contributed by atoms with Gasteiger partial charge < -0.3 is 19.5 Å². The largest absolute Gasteiger partial charge is 0.482 e. The average molecular weight is 241 g/mol. The molecule has 1 aromatic heterocycles. The lowest BCUT2D eigenvalue weighted by Crippen LogP contribution is -2.31. The van der Waals surface area contributed by atoms with Gasteiger partial charge in [0.05, 0.1) is 25.5 Å². The van der Waals surface area contributed by atoms with Gasteiger partial charge in [-0.05, 0) is 0 Å². The number of methoxy groups -OCH3 is 1. The summed E-state index contributed by atoms with van der Waals surface area (Å²) >= 11 is 0. The SMILES string of the molecule is CO[C@@H]1CN(C(=O)O)C[C@@H]1Oc1cnn(C)c1. The summed E-state index contributed by atoms with van der Waals surface area (Å²) in [7, 11) is 3.34. The van der Waals surface area contributed by atoms with E-state index in [2.05, 4.69) is 5.10 Å². The Kier molecular flexibility index (Phi) is 3.19. The van der Waals surface area contributed by atoms with Gasteiger partial charge in [-0.15, -0.1) is 0 Å². The summed E-state index contributed by atoms with van der Waals surface area (Å²) < 4.78 is 12.5. The van der Waals surface area contributed by atoms with Crippen LogP contribution in [0.5, 0.6) is 5.75 Å². The number of rotatable bonds is 3. The van der Waals surface area contributed by atoms with E-state index in [0.29, 0.717) is 18.8 Å². The summed E-state index contributed by atoms with van der Waals surface area (Å²) in [4.78, 5) is 12.2. The van der Waals surface area contributed by atoms with Crippen LogP contribution in [0.4, 0.5) is 4.79 Å². The lowest BCUT2D eigenvalue weighted by atomic mass is 10.2. The van der Waals surface area contributed by atoms with Gasteiger partial charge in [-0.3, -0.25) is 4.68 Å². The maximum Gasteiger partial charge on any atom is 0.407 e. The highest BCUT2D eigenvalue weighted by Gasteiger charge is 2.37. The van der Waals surface area contributed by atoms with E-state index in [9.17, 15) is 4.79 Å². The Morgan fingerprint density at radius 2 is 2.24 bits per heavy atom. The molecule has 0 aromatic carbocycles. The van der Waals surface area contributed by atoms with Gasteiger partial charge in [-0.2, -0.15) is 5.10 Å². The van der Waals surface area contributed by atoms with Crippen molar-refractivity contribution >= 4 is 6.09 Å². The molecule has 0 saturated carbocycles. The minimum Gasteiger partial charge on any atom is -0.482 e. The van der Waals surface area contributed by atoms with E-state index in [1.165, 1.54) is 4.90 Å². The van der Waals surface area contributed by atoms with Gasteiger partial charge >= 0.3 is 6.09 Å². The van der Waals surface area contributed by atoms with Crippen molar-refractivity contribution in [2.45, 2.75) is 12.2 Å². The van der Waals surface area contributed by atoms with E-state index in [0.717, 1.165) is 0 Å². The number of ether oxygens (including phenoxy) is 2. The lowest BCUT2D eigenvalue weighted by Gasteiger charge is -2.16. The molecule has 0 aliphatic carbocycles. The van der Waals surface area contributed by atoms with E-state index < -0.39 is 6.09 Å². The highest BCUT2D eigenvalue weighted by atomic mass is 16.5. The third kappa shape index (κ3) is 2.50. The van der Waals surface area contributed by atoms with Crippen molar-refractivity contribution in [3.8, 4) is 5.75 Å². The zero-order valence-corrected chi connectivity index (χ0v) is 9.74. The molecule has 2 rings (SSSR count). The molecule has 1 aliphatic heterocycles. The average Bonchev–Trinajstić information content (AvgIpc) is 2.85. The molecule has 0 radical (unpaired) electrons. The lowest BCUT2D eigenvalue weighted by molar-refractivity contribution is 0.0341. The molecule has 0 unspecified atom stereocenters. The predicted molar refractivity (Wildman–Crippen MR) is 58.0 cm³/mol. The minimum atomic E-state index is -0.954. The first kappa shape index (κ1) is 11.7. The molecule has 1 fully saturated rings. The molecule has 1 amide bonds. The van der Waals surface area contributed by atoms with Crippen LogP contribution in [0.1, 0.15) is 0 Å². The zero-order valence-electron chi connectivity index (χ0n) is 9.74. The van der Waals surface area contributed by atoms with Crippen LogP contribution in [0.3, 0.4) is 0 Å². The normalized spacial score (nSPS) is 24.0. The number of hydrogen-bond acceptors (Lipinski definition) is 4. The molecular weight excluding hydrogens is 226 g/mol. The number of nitrogens with zero attached hydrogens (tertiary/aromatic N) is 3. The zero-order chi connectivity index (χ0) is 12.4. The van der Waals surface area contributed by atoms with Gasteiger partial charge in [-0.1, -0.05) is 0 Å². The Balaban J connectivity index is 2.02. The third-order valence-electron chi connectivity index (χ3n) is 2.76. The van der Waals surface area contributed by atoms with Crippen LogP contribution in [0.15, 0.2) is 12.4 Å². The van der Waals surface area contributed by atoms with E-state index in [1.54, 1.807) is 31.2 Å². The smallest absolute Gasteiger partial charge is 0.407 e. The van der Waals surface area contributed by atoms with Crippen molar-refractivity contribution in [3.63, 3.8) is 0 Å². The Bertz CT molecular complexity index is 406. The van der Waals surface area contributed by atoms with E-state index >= 15 is 0 Å². The fourth-order valence-corrected chi connectivity index (χ4v) is 1.87. The van der Waals surface area contributed by atoms with Crippen LogP contribution in [-0.4, -0.2) is 58.3 Å². The van der Waals surface area contributed by atoms with Crippen molar-refractivity contribution in [3.05, 3.63) is 12.4 Å². The molecule has 7 heteroatoms. The summed E-state index contributed by atoms with van der Waals surface area (Å²) in [5.41, 5.74) is 0.